The highest BCUT2D eigenvalue weighted by atomic mass is 19.4. The van der Waals surface area contributed by atoms with Crippen LogP contribution in [-0.4, -0.2) is 21.4 Å². The maximum atomic E-state index is 12.7. The number of aromatic hydroxyl groups is 1. The second kappa shape index (κ2) is 10.1. The summed E-state index contributed by atoms with van der Waals surface area (Å²) in [5.74, 6) is -0.815. The normalized spacial score (nSPS) is 12.1. The van der Waals surface area contributed by atoms with Crippen molar-refractivity contribution in [3.8, 4) is 28.8 Å². The van der Waals surface area contributed by atoms with Gasteiger partial charge < -0.3 is 23.4 Å². The molecule has 36 heavy (non-hydrogen) atoms. The Balaban J connectivity index is 1.46. The number of aryl methyl sites for hydroxylation is 1. The molecule has 0 saturated carbocycles. The second-order valence-corrected chi connectivity index (χ2v) is 7.89. The number of ether oxygens (including phenoxy) is 2. The van der Waals surface area contributed by atoms with Crippen LogP contribution in [0.2, 0.25) is 0 Å². The fraction of sp³-hybridized carbons (Fsp3) is 0.200. The molecule has 0 saturated heterocycles. The number of benzene rings is 2. The predicted octanol–water partition coefficient (Wildman–Crippen LogP) is 5.76. The maximum Gasteiger partial charge on any atom is 0.573 e. The molecule has 0 spiro atoms. The molecule has 2 heterocycles. The van der Waals surface area contributed by atoms with Crippen LogP contribution >= 0.6 is 0 Å². The summed E-state index contributed by atoms with van der Waals surface area (Å²) >= 11 is 0. The van der Waals surface area contributed by atoms with E-state index in [-0.39, 0.29) is 36.1 Å². The zero-order valence-electron chi connectivity index (χ0n) is 19.2. The highest BCUT2D eigenvalue weighted by molar-refractivity contribution is 5.66. The third kappa shape index (κ3) is 6.17. The van der Waals surface area contributed by atoms with Crippen molar-refractivity contribution in [2.75, 3.05) is 0 Å². The average Bonchev–Trinajstić information content (AvgIpc) is 3.40. The number of aromatic amines is 1. The Bertz CT molecular complexity index is 1450. The van der Waals surface area contributed by atoms with Crippen LogP contribution in [0.3, 0.4) is 0 Å². The van der Waals surface area contributed by atoms with Gasteiger partial charge in [-0.1, -0.05) is 24.3 Å². The number of rotatable bonds is 8. The van der Waals surface area contributed by atoms with Gasteiger partial charge in [-0.3, -0.25) is 4.98 Å². The topological polar surface area (TPSA) is 111 Å². The van der Waals surface area contributed by atoms with Crippen molar-refractivity contribution in [1.82, 2.24) is 9.97 Å². The van der Waals surface area contributed by atoms with Crippen LogP contribution in [0.4, 0.5) is 13.2 Å². The van der Waals surface area contributed by atoms with Crippen LogP contribution < -0.4 is 15.2 Å². The Hall–Kier alpha value is -4.41. The van der Waals surface area contributed by atoms with Gasteiger partial charge in [0.05, 0.1) is 5.56 Å². The minimum atomic E-state index is -4.85. The van der Waals surface area contributed by atoms with E-state index in [9.17, 15) is 23.1 Å². The Kier molecular flexibility index (Phi) is 6.91. The summed E-state index contributed by atoms with van der Waals surface area (Å²) < 4.78 is 58.3. The van der Waals surface area contributed by atoms with Gasteiger partial charge in [0.25, 0.3) is 0 Å². The van der Waals surface area contributed by atoms with Crippen molar-refractivity contribution in [2.24, 2.45) is 0 Å². The van der Waals surface area contributed by atoms with Crippen molar-refractivity contribution in [3.05, 3.63) is 87.9 Å². The van der Waals surface area contributed by atoms with E-state index >= 15 is 0 Å². The van der Waals surface area contributed by atoms with Crippen molar-refractivity contribution in [2.45, 2.75) is 33.2 Å². The molecule has 0 aliphatic rings. The number of allylic oxidation sites excluding steroid dienone is 2. The van der Waals surface area contributed by atoms with Crippen LogP contribution in [0.5, 0.6) is 17.4 Å². The number of para-hydroxylation sites is 1. The fourth-order valence-corrected chi connectivity index (χ4v) is 3.42. The Morgan fingerprint density at radius 1 is 1.22 bits per heavy atom. The van der Waals surface area contributed by atoms with Gasteiger partial charge in [-0.15, -0.1) is 13.2 Å². The van der Waals surface area contributed by atoms with Gasteiger partial charge >= 0.3 is 12.1 Å². The molecule has 0 atom stereocenters. The molecule has 4 rings (SSSR count). The number of nitrogens with zero attached hydrogens (tertiary/aromatic N) is 1. The highest BCUT2D eigenvalue weighted by Gasteiger charge is 2.32. The smallest absolute Gasteiger partial charge is 0.492 e. The van der Waals surface area contributed by atoms with E-state index in [0.29, 0.717) is 11.4 Å². The van der Waals surface area contributed by atoms with Crippen LogP contribution in [-0.2, 0) is 13.0 Å². The molecule has 0 bridgehead atoms. The molecular weight excluding hydrogens is 481 g/mol. The molecule has 0 aliphatic carbocycles. The second-order valence-electron chi connectivity index (χ2n) is 7.89. The minimum Gasteiger partial charge on any atom is -0.492 e. The number of hydrogen-bond donors (Lipinski definition) is 2. The number of alkyl halides is 3. The van der Waals surface area contributed by atoms with E-state index in [1.165, 1.54) is 24.5 Å². The summed E-state index contributed by atoms with van der Waals surface area (Å²) in [5, 5.41) is 9.65. The first kappa shape index (κ1) is 24.7. The van der Waals surface area contributed by atoms with E-state index < -0.39 is 17.9 Å². The molecule has 2 aromatic heterocycles. The number of H-pyrrole nitrogens is 1. The van der Waals surface area contributed by atoms with Crippen molar-refractivity contribution in [1.29, 1.82) is 0 Å². The molecule has 2 aromatic carbocycles. The standard InChI is InChI=1S/C25H21F3N2O6/c1-14-9-16(15(2)7-8-21-22(31)30-24(32)35-21)11-18(10-14)33-12-17-13-34-23(29-17)19-5-3-4-6-20(19)36-25(26,27)28/h3-7,9-11,13,31H,8,12H2,1-2H3,(H,30,32). The van der Waals surface area contributed by atoms with E-state index in [2.05, 4.69) is 14.7 Å². The van der Waals surface area contributed by atoms with Crippen molar-refractivity contribution >= 4 is 5.57 Å². The summed E-state index contributed by atoms with van der Waals surface area (Å²) in [6.07, 6.45) is -1.53. The quantitative estimate of drug-likeness (QED) is 0.315. The van der Waals surface area contributed by atoms with Crippen LogP contribution in [0, 0.1) is 6.92 Å². The summed E-state index contributed by atoms with van der Waals surface area (Å²) in [4.78, 5) is 17.6. The van der Waals surface area contributed by atoms with Crippen molar-refractivity contribution < 1.29 is 36.6 Å². The van der Waals surface area contributed by atoms with E-state index in [1.807, 2.05) is 26.0 Å². The molecule has 0 unspecified atom stereocenters. The molecule has 0 radical (unpaired) electrons. The molecule has 0 aliphatic heterocycles. The molecule has 188 valence electrons. The number of nitrogens with one attached hydrogen (secondary N) is 1. The van der Waals surface area contributed by atoms with Gasteiger partial charge in [0, 0.05) is 6.42 Å². The third-order valence-corrected chi connectivity index (χ3v) is 5.08. The van der Waals surface area contributed by atoms with Gasteiger partial charge in [0.15, 0.2) is 5.76 Å². The zero-order chi connectivity index (χ0) is 25.9. The Morgan fingerprint density at radius 3 is 2.72 bits per heavy atom. The SMILES string of the molecule is CC(=CCc1oc(=O)[nH]c1O)c1cc(C)cc(OCc2coc(-c3ccccc3OC(F)(F)F)n2)c1. The van der Waals surface area contributed by atoms with Crippen LogP contribution in [0.25, 0.3) is 17.0 Å². The van der Waals surface area contributed by atoms with Crippen LogP contribution in [0.15, 0.2) is 68.4 Å². The first-order chi connectivity index (χ1) is 17.1. The van der Waals surface area contributed by atoms with Gasteiger partial charge in [-0.25, -0.2) is 9.78 Å². The third-order valence-electron chi connectivity index (χ3n) is 5.08. The summed E-state index contributed by atoms with van der Waals surface area (Å²) in [6.45, 7) is 3.77. The van der Waals surface area contributed by atoms with Gasteiger partial charge in [-0.05, 0) is 54.8 Å². The molecule has 4 aromatic rings. The monoisotopic (exact) mass is 502 g/mol. The van der Waals surface area contributed by atoms with E-state index in [0.717, 1.165) is 16.7 Å². The van der Waals surface area contributed by atoms with Gasteiger partial charge in [0.1, 0.15) is 30.1 Å². The number of oxazole rings is 2. The predicted molar refractivity (Wildman–Crippen MR) is 122 cm³/mol. The summed E-state index contributed by atoms with van der Waals surface area (Å²) in [5.41, 5.74) is 3.06. The molecule has 11 heteroatoms. The lowest BCUT2D eigenvalue weighted by molar-refractivity contribution is -0.274. The van der Waals surface area contributed by atoms with Crippen molar-refractivity contribution in [3.63, 3.8) is 0 Å². The van der Waals surface area contributed by atoms with Crippen LogP contribution in [0.1, 0.15) is 29.5 Å². The maximum absolute atomic E-state index is 12.7. The number of halogens is 3. The van der Waals surface area contributed by atoms with E-state index in [1.54, 1.807) is 18.2 Å². The Labute approximate surface area is 202 Å². The molecule has 0 fully saturated rings. The number of hydrogen-bond acceptors (Lipinski definition) is 7. The fourth-order valence-electron chi connectivity index (χ4n) is 3.42. The Morgan fingerprint density at radius 2 is 2.00 bits per heavy atom. The van der Waals surface area contributed by atoms with Gasteiger partial charge in [-0.2, -0.15) is 0 Å². The molecule has 0 amide bonds. The summed E-state index contributed by atoms with van der Waals surface area (Å²) in [6, 6.07) is 11.1. The zero-order valence-corrected chi connectivity index (χ0v) is 19.2. The highest BCUT2D eigenvalue weighted by Crippen LogP contribution is 2.33. The summed E-state index contributed by atoms with van der Waals surface area (Å²) in [7, 11) is 0. The molecule has 8 nitrogen and oxygen atoms in total. The lowest BCUT2D eigenvalue weighted by Gasteiger charge is -2.11. The molecular formula is C25H21F3N2O6. The van der Waals surface area contributed by atoms with E-state index in [4.69, 9.17) is 13.6 Å². The molecule has 2 N–H and O–H groups in total. The largest absolute Gasteiger partial charge is 0.573 e. The number of aromatic nitrogens is 2. The first-order valence-corrected chi connectivity index (χ1v) is 10.7. The average molecular weight is 502 g/mol. The first-order valence-electron chi connectivity index (χ1n) is 10.7. The lowest BCUT2D eigenvalue weighted by Crippen LogP contribution is -2.17. The lowest BCUT2D eigenvalue weighted by atomic mass is 10.0. The van der Waals surface area contributed by atoms with Gasteiger partial charge in [0.2, 0.25) is 11.8 Å². The minimum absolute atomic E-state index is 0.0137.